The standard InChI is InChI=1S/C18H25ClN2/c1-4-10-20-18(14(2)3)16-9-11-21(13-16)12-15-5-7-17(19)8-6-15/h5-9,11,13-14,18,20H,4,10,12H2,1-3H3. The number of nitrogens with zero attached hydrogens (tertiary/aromatic N) is 1. The minimum atomic E-state index is 0.427. The van der Waals surface area contributed by atoms with Crippen molar-refractivity contribution in [3.05, 3.63) is 58.9 Å². The summed E-state index contributed by atoms with van der Waals surface area (Å²) in [4.78, 5) is 0. The summed E-state index contributed by atoms with van der Waals surface area (Å²) in [5.41, 5.74) is 2.64. The summed E-state index contributed by atoms with van der Waals surface area (Å²) >= 11 is 5.93. The topological polar surface area (TPSA) is 17.0 Å². The molecule has 1 atom stereocenters. The van der Waals surface area contributed by atoms with Gasteiger partial charge in [-0.05, 0) is 48.2 Å². The van der Waals surface area contributed by atoms with Crippen LogP contribution in [0.2, 0.25) is 5.02 Å². The molecule has 3 heteroatoms. The highest BCUT2D eigenvalue weighted by Crippen LogP contribution is 2.22. The van der Waals surface area contributed by atoms with Gasteiger partial charge in [0.05, 0.1) is 0 Å². The molecule has 2 nitrogen and oxygen atoms in total. The van der Waals surface area contributed by atoms with Crippen LogP contribution in [0.4, 0.5) is 0 Å². The Morgan fingerprint density at radius 2 is 1.86 bits per heavy atom. The molecule has 1 aromatic heterocycles. The SMILES string of the molecule is CCCNC(c1ccn(Cc2ccc(Cl)cc2)c1)C(C)C. The quantitative estimate of drug-likeness (QED) is 0.771. The molecule has 1 heterocycles. The summed E-state index contributed by atoms with van der Waals surface area (Å²) in [5.74, 6) is 0.586. The zero-order chi connectivity index (χ0) is 15.2. The maximum atomic E-state index is 5.93. The third-order valence-electron chi connectivity index (χ3n) is 3.69. The normalized spacial score (nSPS) is 12.8. The molecule has 2 aromatic rings. The fourth-order valence-electron chi connectivity index (χ4n) is 2.58. The second-order valence-electron chi connectivity index (χ2n) is 5.92. The van der Waals surface area contributed by atoms with E-state index in [1.54, 1.807) is 0 Å². The lowest BCUT2D eigenvalue weighted by molar-refractivity contribution is 0.412. The van der Waals surface area contributed by atoms with Crippen molar-refractivity contribution in [3.8, 4) is 0 Å². The number of benzene rings is 1. The molecule has 0 fully saturated rings. The van der Waals surface area contributed by atoms with E-state index in [-0.39, 0.29) is 0 Å². The van der Waals surface area contributed by atoms with Gasteiger partial charge in [0, 0.05) is 30.0 Å². The van der Waals surface area contributed by atoms with Gasteiger partial charge in [-0.1, -0.05) is 44.5 Å². The monoisotopic (exact) mass is 304 g/mol. The highest BCUT2D eigenvalue weighted by molar-refractivity contribution is 6.30. The first-order valence-electron chi connectivity index (χ1n) is 7.73. The van der Waals surface area contributed by atoms with E-state index >= 15 is 0 Å². The van der Waals surface area contributed by atoms with Crippen LogP contribution in [-0.2, 0) is 6.54 Å². The number of aromatic nitrogens is 1. The van der Waals surface area contributed by atoms with Crippen LogP contribution in [0, 0.1) is 5.92 Å². The molecular formula is C18H25ClN2. The van der Waals surface area contributed by atoms with E-state index in [0.717, 1.165) is 24.5 Å². The maximum absolute atomic E-state index is 5.93. The smallest absolute Gasteiger partial charge is 0.0470 e. The van der Waals surface area contributed by atoms with Crippen LogP contribution >= 0.6 is 11.6 Å². The fraction of sp³-hybridized carbons (Fsp3) is 0.444. The molecular weight excluding hydrogens is 280 g/mol. The highest BCUT2D eigenvalue weighted by Gasteiger charge is 2.15. The minimum Gasteiger partial charge on any atom is -0.350 e. The Morgan fingerprint density at radius 3 is 2.48 bits per heavy atom. The Kier molecular flexibility index (Phi) is 5.89. The van der Waals surface area contributed by atoms with Gasteiger partial charge in [0.25, 0.3) is 0 Å². The molecule has 0 saturated carbocycles. The van der Waals surface area contributed by atoms with Crippen molar-refractivity contribution in [3.63, 3.8) is 0 Å². The lowest BCUT2D eigenvalue weighted by atomic mass is 9.98. The fourth-order valence-corrected chi connectivity index (χ4v) is 2.71. The summed E-state index contributed by atoms with van der Waals surface area (Å²) in [5, 5.41) is 4.43. The number of hydrogen-bond acceptors (Lipinski definition) is 1. The summed E-state index contributed by atoms with van der Waals surface area (Å²) in [6.07, 6.45) is 5.57. The van der Waals surface area contributed by atoms with E-state index in [9.17, 15) is 0 Å². The van der Waals surface area contributed by atoms with Gasteiger partial charge in [-0.2, -0.15) is 0 Å². The molecule has 21 heavy (non-hydrogen) atoms. The molecule has 1 N–H and O–H groups in total. The van der Waals surface area contributed by atoms with E-state index in [0.29, 0.717) is 12.0 Å². The van der Waals surface area contributed by atoms with Crippen LogP contribution in [0.25, 0.3) is 0 Å². The van der Waals surface area contributed by atoms with Gasteiger partial charge in [0.2, 0.25) is 0 Å². The Labute approximate surface area is 133 Å². The van der Waals surface area contributed by atoms with Crippen LogP contribution in [0.5, 0.6) is 0 Å². The first-order chi connectivity index (χ1) is 10.1. The van der Waals surface area contributed by atoms with Crippen LogP contribution in [0.3, 0.4) is 0 Å². The summed E-state index contributed by atoms with van der Waals surface area (Å²) < 4.78 is 2.24. The van der Waals surface area contributed by atoms with Crippen LogP contribution < -0.4 is 5.32 Å². The summed E-state index contributed by atoms with van der Waals surface area (Å²) in [7, 11) is 0. The molecule has 0 bridgehead atoms. The van der Waals surface area contributed by atoms with Gasteiger partial charge in [-0.25, -0.2) is 0 Å². The Morgan fingerprint density at radius 1 is 1.14 bits per heavy atom. The minimum absolute atomic E-state index is 0.427. The molecule has 0 radical (unpaired) electrons. The Bertz CT molecular complexity index is 543. The van der Waals surface area contributed by atoms with Crippen molar-refractivity contribution >= 4 is 11.6 Å². The van der Waals surface area contributed by atoms with Gasteiger partial charge in [0.15, 0.2) is 0 Å². The van der Waals surface area contributed by atoms with Crippen molar-refractivity contribution in [2.75, 3.05) is 6.54 Å². The molecule has 1 unspecified atom stereocenters. The number of rotatable bonds is 7. The van der Waals surface area contributed by atoms with Crippen LogP contribution in [0.15, 0.2) is 42.7 Å². The average molecular weight is 305 g/mol. The first-order valence-corrected chi connectivity index (χ1v) is 8.11. The molecule has 1 aromatic carbocycles. The summed E-state index contributed by atoms with van der Waals surface area (Å²) in [6, 6.07) is 10.7. The van der Waals surface area contributed by atoms with Crippen molar-refractivity contribution in [2.45, 2.75) is 39.8 Å². The molecule has 114 valence electrons. The molecule has 0 saturated heterocycles. The number of hydrogen-bond donors (Lipinski definition) is 1. The molecule has 2 rings (SSSR count). The van der Waals surface area contributed by atoms with E-state index in [4.69, 9.17) is 11.6 Å². The predicted molar refractivity (Wildman–Crippen MR) is 90.9 cm³/mol. The van der Waals surface area contributed by atoms with E-state index in [2.05, 4.69) is 61.2 Å². The third kappa shape index (κ3) is 4.62. The first kappa shape index (κ1) is 16.1. The van der Waals surface area contributed by atoms with E-state index < -0.39 is 0 Å². The Balaban J connectivity index is 2.07. The molecule has 0 amide bonds. The van der Waals surface area contributed by atoms with E-state index in [1.165, 1.54) is 11.1 Å². The van der Waals surface area contributed by atoms with Crippen molar-refractivity contribution < 1.29 is 0 Å². The molecule has 0 spiro atoms. The van der Waals surface area contributed by atoms with Gasteiger partial charge < -0.3 is 9.88 Å². The van der Waals surface area contributed by atoms with E-state index in [1.807, 2.05) is 12.1 Å². The van der Waals surface area contributed by atoms with Crippen molar-refractivity contribution in [2.24, 2.45) is 5.92 Å². The van der Waals surface area contributed by atoms with Crippen molar-refractivity contribution in [1.82, 2.24) is 9.88 Å². The second-order valence-corrected chi connectivity index (χ2v) is 6.36. The van der Waals surface area contributed by atoms with Gasteiger partial charge in [-0.15, -0.1) is 0 Å². The molecule has 0 aliphatic rings. The lowest BCUT2D eigenvalue weighted by Crippen LogP contribution is -2.26. The predicted octanol–water partition coefficient (Wildman–Crippen LogP) is 4.89. The number of halogens is 1. The molecule has 0 aliphatic heterocycles. The third-order valence-corrected chi connectivity index (χ3v) is 3.94. The van der Waals surface area contributed by atoms with Crippen LogP contribution in [0.1, 0.15) is 44.4 Å². The number of nitrogens with one attached hydrogen (secondary N) is 1. The zero-order valence-electron chi connectivity index (χ0n) is 13.1. The Hall–Kier alpha value is -1.25. The average Bonchev–Trinajstić information content (AvgIpc) is 2.90. The lowest BCUT2D eigenvalue weighted by Gasteiger charge is -2.21. The van der Waals surface area contributed by atoms with Gasteiger partial charge >= 0.3 is 0 Å². The maximum Gasteiger partial charge on any atom is 0.0470 e. The van der Waals surface area contributed by atoms with Gasteiger partial charge in [-0.3, -0.25) is 0 Å². The van der Waals surface area contributed by atoms with Gasteiger partial charge in [0.1, 0.15) is 0 Å². The van der Waals surface area contributed by atoms with Crippen LogP contribution in [-0.4, -0.2) is 11.1 Å². The highest BCUT2D eigenvalue weighted by atomic mass is 35.5. The largest absolute Gasteiger partial charge is 0.350 e. The molecule has 0 aliphatic carbocycles. The summed E-state index contributed by atoms with van der Waals surface area (Å²) in [6.45, 7) is 8.69. The second kappa shape index (κ2) is 7.67. The zero-order valence-corrected chi connectivity index (χ0v) is 13.9. The van der Waals surface area contributed by atoms with Crippen molar-refractivity contribution in [1.29, 1.82) is 0 Å².